The number of ether oxygens (including phenoxy) is 2. The molecule has 9 heteroatoms. The van der Waals surface area contributed by atoms with Crippen molar-refractivity contribution in [1.82, 2.24) is 0 Å². The van der Waals surface area contributed by atoms with Crippen LogP contribution in [0.25, 0.3) is 0 Å². The summed E-state index contributed by atoms with van der Waals surface area (Å²) in [5.74, 6) is -2.23. The number of unbranched alkanes of at least 4 members (excludes halogenated alkanes) is 1. The van der Waals surface area contributed by atoms with E-state index >= 15 is 0 Å². The highest BCUT2D eigenvalue weighted by atomic mass is 32.2. The summed E-state index contributed by atoms with van der Waals surface area (Å²) >= 11 is 0. The lowest BCUT2D eigenvalue weighted by Crippen LogP contribution is -2.37. The molecule has 3 rings (SSSR count). The zero-order valence-electron chi connectivity index (χ0n) is 22.3. The molecule has 0 aliphatic carbocycles. The fraction of sp³-hybridized carbons (Fsp3) is 0.464. The third-order valence-electron chi connectivity index (χ3n) is 6.78. The lowest BCUT2D eigenvalue weighted by molar-refractivity contribution is -0.140. The number of halogens is 1. The molecular weight excluding hydrogens is 495 g/mol. The zero-order chi connectivity index (χ0) is 27.2. The highest BCUT2D eigenvalue weighted by Gasteiger charge is 2.42. The Morgan fingerprint density at radius 3 is 2.46 bits per heavy atom. The number of hydrogen-bond donors (Lipinski definition) is 0. The highest BCUT2D eigenvalue weighted by molar-refractivity contribution is 7.91. The van der Waals surface area contributed by atoms with Crippen molar-refractivity contribution in [3.05, 3.63) is 54.6 Å². The number of rotatable bonds is 10. The number of nitrogens with zero attached hydrogens (tertiary/aromatic N) is 2. The maximum Gasteiger partial charge on any atom is 0.370 e. The van der Waals surface area contributed by atoms with E-state index in [1.165, 1.54) is 6.07 Å². The molecule has 202 valence electrons. The van der Waals surface area contributed by atoms with Gasteiger partial charge in [-0.15, -0.1) is 0 Å². The lowest BCUT2D eigenvalue weighted by Gasteiger charge is -2.36. The molecular formula is C28H37FN2O5S. The minimum absolute atomic E-state index is 0.000606. The second-order valence-electron chi connectivity index (χ2n) is 9.62. The Morgan fingerprint density at radius 2 is 1.86 bits per heavy atom. The third kappa shape index (κ3) is 6.44. The van der Waals surface area contributed by atoms with Crippen molar-refractivity contribution in [3.8, 4) is 5.75 Å². The van der Waals surface area contributed by atoms with Gasteiger partial charge in [-0.2, -0.15) is 4.39 Å². The number of esters is 1. The van der Waals surface area contributed by atoms with E-state index in [1.807, 2.05) is 37.3 Å². The number of carbonyl (C=O) groups is 1. The van der Waals surface area contributed by atoms with Crippen LogP contribution in [0.2, 0.25) is 0 Å². The molecule has 0 radical (unpaired) electrons. The van der Waals surface area contributed by atoms with Crippen LogP contribution < -0.4 is 14.5 Å². The molecule has 0 saturated carbocycles. The van der Waals surface area contributed by atoms with Gasteiger partial charge in [-0.3, -0.25) is 0 Å². The Balaban J connectivity index is 2.22. The maximum absolute atomic E-state index is 14.2. The molecule has 0 aromatic heterocycles. The van der Waals surface area contributed by atoms with Crippen molar-refractivity contribution in [2.45, 2.75) is 51.3 Å². The molecule has 1 aliphatic heterocycles. The van der Waals surface area contributed by atoms with Gasteiger partial charge in [0.15, 0.2) is 15.6 Å². The van der Waals surface area contributed by atoms with Crippen LogP contribution in [-0.4, -0.2) is 47.4 Å². The molecule has 1 aliphatic rings. The van der Waals surface area contributed by atoms with Gasteiger partial charge < -0.3 is 19.3 Å². The molecule has 0 amide bonds. The largest absolute Gasteiger partial charge is 0.461 e. The molecule has 0 bridgehead atoms. The summed E-state index contributed by atoms with van der Waals surface area (Å²) in [5.41, 5.74) is 1.53. The second-order valence-corrected chi connectivity index (χ2v) is 11.6. The molecule has 0 fully saturated rings. The molecule has 2 aromatic carbocycles. The Kier molecular flexibility index (Phi) is 9.23. The molecule has 0 unspecified atom stereocenters. The van der Waals surface area contributed by atoms with Crippen LogP contribution in [0.5, 0.6) is 5.75 Å². The van der Waals surface area contributed by atoms with E-state index in [0.29, 0.717) is 30.6 Å². The summed E-state index contributed by atoms with van der Waals surface area (Å²) in [7, 11) is -0.170. The number of sulfone groups is 1. The van der Waals surface area contributed by atoms with Gasteiger partial charge in [-0.05, 0) is 38.0 Å². The van der Waals surface area contributed by atoms with E-state index in [2.05, 4.69) is 16.6 Å². The van der Waals surface area contributed by atoms with Crippen LogP contribution in [0.3, 0.4) is 0 Å². The molecule has 7 nitrogen and oxygen atoms in total. The number of para-hydroxylation sites is 1. The minimum Gasteiger partial charge on any atom is -0.461 e. The van der Waals surface area contributed by atoms with Crippen LogP contribution in [0, 0.1) is 5.41 Å². The first-order chi connectivity index (χ1) is 17.6. The van der Waals surface area contributed by atoms with E-state index in [9.17, 15) is 17.6 Å². The Bertz CT molecular complexity index is 1230. The molecule has 0 N–H and O–H groups in total. The molecule has 0 saturated heterocycles. The van der Waals surface area contributed by atoms with Crippen LogP contribution in [0.1, 0.15) is 46.5 Å². The van der Waals surface area contributed by atoms with E-state index < -0.39 is 27.0 Å². The summed E-state index contributed by atoms with van der Waals surface area (Å²) < 4.78 is 52.3. The van der Waals surface area contributed by atoms with Crippen molar-refractivity contribution in [1.29, 1.82) is 0 Å². The van der Waals surface area contributed by atoms with Crippen molar-refractivity contribution < 1.29 is 27.1 Å². The fourth-order valence-electron chi connectivity index (χ4n) is 4.69. The average Bonchev–Trinajstić information content (AvgIpc) is 2.98. The third-order valence-corrected chi connectivity index (χ3v) is 8.77. The van der Waals surface area contributed by atoms with Gasteiger partial charge in [-0.25, -0.2) is 13.2 Å². The number of hydrogen-bond acceptors (Lipinski definition) is 7. The molecule has 0 spiro atoms. The number of benzene rings is 2. The molecule has 1 heterocycles. The van der Waals surface area contributed by atoms with Gasteiger partial charge in [0.25, 0.3) is 0 Å². The number of carbonyl (C=O) groups excluding carboxylic acids is 1. The summed E-state index contributed by atoms with van der Waals surface area (Å²) in [6.07, 6.45) is 4.05. The van der Waals surface area contributed by atoms with Crippen LogP contribution >= 0.6 is 0 Å². The van der Waals surface area contributed by atoms with E-state index in [0.717, 1.165) is 24.9 Å². The van der Waals surface area contributed by atoms with Gasteiger partial charge in [0.1, 0.15) is 6.26 Å². The normalized spacial score (nSPS) is 19.1. The lowest BCUT2D eigenvalue weighted by atomic mass is 9.81. The Morgan fingerprint density at radius 1 is 1.16 bits per heavy atom. The smallest absolute Gasteiger partial charge is 0.370 e. The highest BCUT2D eigenvalue weighted by Crippen LogP contribution is 2.47. The standard InChI is InChI=1S/C28H37FN2O5S/c1-6-9-15-28(7-2)19-31(21-13-11-10-12-14-21)24-16-23(30(4)5)25(17-26(24)37(33,34)20-28)36-18-22(29)27(32)35-8-3/h10-14,16-18H,6-9,15,19-20H2,1-5H3/b22-18-/t28-/m0/s1. The summed E-state index contributed by atoms with van der Waals surface area (Å²) in [5, 5.41) is 0. The second kappa shape index (κ2) is 12.0. The number of fused-ring (bicyclic) bond motifs is 1. The molecule has 2 aromatic rings. The summed E-state index contributed by atoms with van der Waals surface area (Å²) in [4.78, 5) is 15.7. The zero-order valence-corrected chi connectivity index (χ0v) is 23.1. The first kappa shape index (κ1) is 28.5. The topological polar surface area (TPSA) is 76.2 Å². The predicted octanol–water partition coefficient (Wildman–Crippen LogP) is 6.02. The van der Waals surface area contributed by atoms with Crippen molar-refractivity contribution in [2.75, 3.05) is 42.8 Å². The Hall–Kier alpha value is -3.07. The van der Waals surface area contributed by atoms with E-state index in [1.54, 1.807) is 32.0 Å². The monoisotopic (exact) mass is 532 g/mol. The van der Waals surface area contributed by atoms with E-state index in [4.69, 9.17) is 4.74 Å². The average molecular weight is 533 g/mol. The van der Waals surface area contributed by atoms with Gasteiger partial charge in [-0.1, -0.05) is 44.9 Å². The van der Waals surface area contributed by atoms with E-state index in [-0.39, 0.29) is 23.0 Å². The molecule has 1 atom stereocenters. The first-order valence-electron chi connectivity index (χ1n) is 12.7. The number of anilines is 3. The van der Waals surface area contributed by atoms with Gasteiger partial charge >= 0.3 is 5.97 Å². The van der Waals surface area contributed by atoms with Gasteiger partial charge in [0, 0.05) is 37.8 Å². The minimum atomic E-state index is -3.74. The van der Waals surface area contributed by atoms with Crippen molar-refractivity contribution in [3.63, 3.8) is 0 Å². The predicted molar refractivity (Wildman–Crippen MR) is 145 cm³/mol. The van der Waals surface area contributed by atoms with Crippen LogP contribution in [-0.2, 0) is 19.4 Å². The maximum atomic E-state index is 14.2. The van der Waals surface area contributed by atoms with Crippen molar-refractivity contribution in [2.24, 2.45) is 5.41 Å². The first-order valence-corrected chi connectivity index (χ1v) is 14.3. The SMILES string of the molecule is CCCC[C@@]1(CC)CN(c2ccccc2)c2cc(N(C)C)c(O/C=C(\F)C(=O)OCC)cc2S(=O)(=O)C1. The van der Waals surface area contributed by atoms with Crippen molar-refractivity contribution >= 4 is 32.9 Å². The summed E-state index contributed by atoms with van der Waals surface area (Å²) in [6.45, 7) is 6.29. The summed E-state index contributed by atoms with van der Waals surface area (Å²) in [6, 6.07) is 12.9. The Labute approximate surface area is 219 Å². The van der Waals surface area contributed by atoms with Gasteiger partial charge in [0.05, 0.1) is 28.6 Å². The quantitative estimate of drug-likeness (QED) is 0.210. The fourth-order valence-corrected chi connectivity index (χ4v) is 6.86. The van der Waals surface area contributed by atoms with Gasteiger partial charge in [0.2, 0.25) is 5.83 Å². The van der Waals surface area contributed by atoms with Crippen LogP contribution in [0.15, 0.2) is 59.4 Å². The van der Waals surface area contributed by atoms with Crippen LogP contribution in [0.4, 0.5) is 21.5 Å². The molecule has 37 heavy (non-hydrogen) atoms.